The Hall–Kier alpha value is -3.03. The van der Waals surface area contributed by atoms with E-state index < -0.39 is 5.97 Å². The van der Waals surface area contributed by atoms with Crippen molar-refractivity contribution in [3.05, 3.63) is 33.9 Å². The van der Waals surface area contributed by atoms with Crippen LogP contribution in [0.15, 0.2) is 11.6 Å². The van der Waals surface area contributed by atoms with Crippen molar-refractivity contribution in [3.8, 4) is 5.75 Å². The normalized spacial score (nSPS) is 12.9. The first-order chi connectivity index (χ1) is 16.6. The molecule has 0 spiro atoms. The Morgan fingerprint density at radius 1 is 1.20 bits per heavy atom. The number of hydrogen-bond acceptors (Lipinski definition) is 6. The van der Waals surface area contributed by atoms with Crippen molar-refractivity contribution in [1.82, 2.24) is 4.90 Å². The molecule has 0 unspecified atom stereocenters. The average molecular weight is 489 g/mol. The topological polar surface area (TPSA) is 94.2 Å². The molecule has 194 valence electrons. The number of fused-ring (bicyclic) bond motifs is 1. The molecule has 1 aliphatic heterocycles. The zero-order valence-electron chi connectivity index (χ0n) is 22.2. The van der Waals surface area contributed by atoms with Gasteiger partial charge in [-0.2, -0.15) is 0 Å². The number of allylic oxidation sites excluding steroid dienone is 2. The van der Waals surface area contributed by atoms with Gasteiger partial charge in [0.2, 0.25) is 0 Å². The predicted octanol–water partition coefficient (Wildman–Crippen LogP) is 5.41. The smallest absolute Gasteiger partial charge is 0.341 e. The molecule has 2 amide bonds. The van der Waals surface area contributed by atoms with Gasteiger partial charge in [-0.3, -0.25) is 4.79 Å². The van der Waals surface area contributed by atoms with Crippen molar-refractivity contribution >= 4 is 23.7 Å². The molecule has 0 aliphatic carbocycles. The summed E-state index contributed by atoms with van der Waals surface area (Å²) in [6.07, 6.45) is 4.14. The summed E-state index contributed by atoms with van der Waals surface area (Å²) in [7, 11) is 1.58. The summed E-state index contributed by atoms with van der Waals surface area (Å²) in [5, 5.41) is 2.95. The van der Waals surface area contributed by atoms with Gasteiger partial charge in [0.15, 0.2) is 0 Å². The van der Waals surface area contributed by atoms with Gasteiger partial charge in [0, 0.05) is 30.6 Å². The summed E-state index contributed by atoms with van der Waals surface area (Å²) >= 11 is 0. The molecule has 0 atom stereocenters. The molecule has 0 saturated carbocycles. The van der Waals surface area contributed by atoms with Gasteiger partial charge >= 0.3 is 18.0 Å². The Morgan fingerprint density at radius 3 is 2.49 bits per heavy atom. The van der Waals surface area contributed by atoms with Crippen molar-refractivity contribution in [1.29, 1.82) is 0 Å². The Kier molecular flexibility index (Phi) is 10.6. The maximum Gasteiger partial charge on any atom is 0.341 e. The summed E-state index contributed by atoms with van der Waals surface area (Å²) in [6, 6.07) is -0.283. The highest BCUT2D eigenvalue weighted by Gasteiger charge is 2.33. The van der Waals surface area contributed by atoms with E-state index >= 15 is 0 Å². The first-order valence-corrected chi connectivity index (χ1v) is 12.4. The molecule has 1 N–H and O–H groups in total. The molecule has 0 radical (unpaired) electrons. The summed E-state index contributed by atoms with van der Waals surface area (Å²) in [5.74, 6) is 0.448. The van der Waals surface area contributed by atoms with Crippen LogP contribution in [0.2, 0.25) is 0 Å². The fourth-order valence-corrected chi connectivity index (χ4v) is 4.05. The highest BCUT2D eigenvalue weighted by atomic mass is 16.5. The Bertz CT molecular complexity index is 963. The van der Waals surface area contributed by atoms with Gasteiger partial charge in [-0.15, -0.1) is 0 Å². The van der Waals surface area contributed by atoms with Crippen molar-refractivity contribution in [2.24, 2.45) is 5.92 Å². The SMILES string of the molecule is CCN(CC)C(=O)Nc1c(C/C=C(\C)CCC(=O)OCCC(C)C)c(OC)c(C)c2c1C(=O)OC2. The molecule has 2 rings (SSSR count). The number of ether oxygens (including phenoxy) is 3. The third-order valence-corrected chi connectivity index (χ3v) is 6.30. The van der Waals surface area contributed by atoms with Crippen LogP contribution in [0.5, 0.6) is 5.75 Å². The minimum atomic E-state index is -0.452. The van der Waals surface area contributed by atoms with E-state index in [1.54, 1.807) is 12.0 Å². The van der Waals surface area contributed by atoms with Gasteiger partial charge in [-0.05, 0) is 58.4 Å². The lowest BCUT2D eigenvalue weighted by atomic mass is 9.93. The fourth-order valence-electron chi connectivity index (χ4n) is 4.05. The number of hydrogen-bond donors (Lipinski definition) is 1. The van der Waals surface area contributed by atoms with E-state index in [9.17, 15) is 14.4 Å². The van der Waals surface area contributed by atoms with Gasteiger partial charge in [0.1, 0.15) is 12.4 Å². The number of anilines is 1. The monoisotopic (exact) mass is 488 g/mol. The van der Waals surface area contributed by atoms with Gasteiger partial charge < -0.3 is 24.4 Å². The van der Waals surface area contributed by atoms with E-state index in [4.69, 9.17) is 14.2 Å². The van der Waals surface area contributed by atoms with E-state index in [0.29, 0.717) is 67.4 Å². The van der Waals surface area contributed by atoms with Crippen LogP contribution in [0.3, 0.4) is 0 Å². The maximum atomic E-state index is 12.9. The second-order valence-electron chi connectivity index (χ2n) is 9.20. The number of esters is 2. The number of amides is 2. The molecule has 1 aromatic rings. The van der Waals surface area contributed by atoms with Gasteiger partial charge in [-0.25, -0.2) is 9.59 Å². The zero-order chi connectivity index (χ0) is 26.1. The molecule has 0 bridgehead atoms. The first kappa shape index (κ1) is 28.2. The number of nitrogens with zero attached hydrogens (tertiary/aromatic N) is 1. The Morgan fingerprint density at radius 2 is 1.89 bits per heavy atom. The minimum absolute atomic E-state index is 0.151. The summed E-state index contributed by atoms with van der Waals surface area (Å²) in [6.45, 7) is 13.5. The molecular weight excluding hydrogens is 448 g/mol. The number of nitrogens with one attached hydrogen (secondary N) is 1. The van der Waals surface area contributed by atoms with Crippen molar-refractivity contribution in [2.75, 3.05) is 32.1 Å². The molecule has 1 heterocycles. The molecule has 1 aromatic carbocycles. The fraction of sp³-hybridized carbons (Fsp3) is 0.593. The minimum Gasteiger partial charge on any atom is -0.496 e. The molecule has 0 saturated heterocycles. The maximum absolute atomic E-state index is 12.9. The number of carbonyl (C=O) groups is 3. The zero-order valence-corrected chi connectivity index (χ0v) is 22.2. The van der Waals surface area contributed by atoms with Gasteiger partial charge in [0.05, 0.1) is 25.0 Å². The van der Waals surface area contributed by atoms with Crippen LogP contribution in [-0.2, 0) is 27.3 Å². The van der Waals surface area contributed by atoms with Crippen molar-refractivity contribution < 1.29 is 28.6 Å². The summed E-state index contributed by atoms with van der Waals surface area (Å²) in [4.78, 5) is 39.2. The largest absolute Gasteiger partial charge is 0.496 e. The molecule has 1 aliphatic rings. The molecule has 0 aromatic heterocycles. The van der Waals surface area contributed by atoms with E-state index in [2.05, 4.69) is 19.2 Å². The highest BCUT2D eigenvalue weighted by molar-refractivity contribution is 6.05. The number of methoxy groups -OCH3 is 1. The molecule has 0 fully saturated rings. The Labute approximate surface area is 209 Å². The average Bonchev–Trinajstić information content (AvgIpc) is 3.20. The highest BCUT2D eigenvalue weighted by Crippen LogP contribution is 2.41. The van der Waals surface area contributed by atoms with Crippen molar-refractivity contribution in [2.45, 2.75) is 73.8 Å². The quantitative estimate of drug-likeness (QED) is 0.312. The number of benzene rings is 1. The number of cyclic esters (lactones) is 1. The number of carbonyl (C=O) groups excluding carboxylic acids is 3. The third-order valence-electron chi connectivity index (χ3n) is 6.30. The predicted molar refractivity (Wildman–Crippen MR) is 136 cm³/mol. The second kappa shape index (κ2) is 13.2. The van der Waals surface area contributed by atoms with E-state index in [0.717, 1.165) is 23.1 Å². The third kappa shape index (κ3) is 7.23. The van der Waals surface area contributed by atoms with Crippen LogP contribution in [0, 0.1) is 12.8 Å². The Balaban J connectivity index is 2.30. The van der Waals surface area contributed by atoms with Gasteiger partial charge in [0.25, 0.3) is 0 Å². The lowest BCUT2D eigenvalue weighted by molar-refractivity contribution is -0.143. The van der Waals surface area contributed by atoms with Gasteiger partial charge in [-0.1, -0.05) is 25.5 Å². The van der Waals surface area contributed by atoms with Crippen LogP contribution < -0.4 is 10.1 Å². The molecular formula is C27H40N2O6. The standard InChI is InChI=1S/C27H40N2O6/c1-8-29(9-2)27(32)28-24-20(25(33-7)19(6)21-16-35-26(31)23(21)24)12-10-18(5)11-13-22(30)34-15-14-17(3)4/h10,17H,8-9,11-16H2,1-7H3,(H,28,32)/b18-10+. The van der Waals surface area contributed by atoms with Crippen LogP contribution in [0.25, 0.3) is 0 Å². The lowest BCUT2D eigenvalue weighted by Crippen LogP contribution is -2.35. The second-order valence-corrected chi connectivity index (χ2v) is 9.20. The first-order valence-electron chi connectivity index (χ1n) is 12.4. The molecule has 35 heavy (non-hydrogen) atoms. The van der Waals surface area contributed by atoms with Crippen LogP contribution in [0.4, 0.5) is 10.5 Å². The van der Waals surface area contributed by atoms with Crippen molar-refractivity contribution in [3.63, 3.8) is 0 Å². The summed E-state index contributed by atoms with van der Waals surface area (Å²) in [5.41, 5.74) is 4.09. The van der Waals surface area contributed by atoms with Crippen LogP contribution in [-0.4, -0.2) is 49.7 Å². The van der Waals surface area contributed by atoms with E-state index in [-0.39, 0.29) is 18.6 Å². The number of rotatable bonds is 12. The van der Waals surface area contributed by atoms with Crippen LogP contribution >= 0.6 is 0 Å². The van der Waals surface area contributed by atoms with E-state index in [1.807, 2.05) is 33.8 Å². The summed E-state index contributed by atoms with van der Waals surface area (Å²) < 4.78 is 16.3. The molecule has 8 heteroatoms. The molecule has 8 nitrogen and oxygen atoms in total. The van der Waals surface area contributed by atoms with E-state index in [1.165, 1.54) is 0 Å². The number of urea groups is 1. The lowest BCUT2D eigenvalue weighted by Gasteiger charge is -2.23. The van der Waals surface area contributed by atoms with Crippen LogP contribution in [0.1, 0.15) is 80.9 Å².